The van der Waals surface area contributed by atoms with E-state index >= 15 is 0 Å². The third-order valence-corrected chi connectivity index (χ3v) is 2.63. The second-order valence-electron chi connectivity index (χ2n) is 2.82. The topological polar surface area (TPSA) is 70.4 Å². The van der Waals surface area contributed by atoms with E-state index in [-0.39, 0.29) is 6.42 Å². The summed E-state index contributed by atoms with van der Waals surface area (Å²) in [6.45, 7) is 1.85. The summed E-state index contributed by atoms with van der Waals surface area (Å²) in [6, 6.07) is 0. The number of aliphatic carboxylic acids is 1. The molecule has 13 heavy (non-hydrogen) atoms. The highest BCUT2D eigenvalue weighted by Gasteiger charge is 2.12. The van der Waals surface area contributed by atoms with Gasteiger partial charge in [0.2, 0.25) is 0 Å². The van der Waals surface area contributed by atoms with E-state index in [1.54, 1.807) is 5.51 Å². The molecule has 1 unspecified atom stereocenters. The quantitative estimate of drug-likeness (QED) is 0.757. The molecule has 72 valence electrons. The molecule has 4 nitrogen and oxygen atoms in total. The van der Waals surface area contributed by atoms with Gasteiger partial charge >= 0.3 is 5.97 Å². The van der Waals surface area contributed by atoms with Crippen LogP contribution in [0.4, 0.5) is 0 Å². The van der Waals surface area contributed by atoms with Crippen molar-refractivity contribution < 1.29 is 15.0 Å². The Balaban J connectivity index is 2.49. The van der Waals surface area contributed by atoms with Crippen molar-refractivity contribution in [2.75, 3.05) is 0 Å². The molecule has 0 aliphatic heterocycles. The molecule has 0 saturated carbocycles. The fourth-order valence-electron chi connectivity index (χ4n) is 1.01. The lowest BCUT2D eigenvalue weighted by molar-refractivity contribution is -0.139. The van der Waals surface area contributed by atoms with Crippen LogP contribution in [0, 0.1) is 6.92 Å². The summed E-state index contributed by atoms with van der Waals surface area (Å²) >= 11 is 1.44. The van der Waals surface area contributed by atoms with Crippen molar-refractivity contribution in [3.8, 4) is 0 Å². The Bertz CT molecular complexity index is 297. The summed E-state index contributed by atoms with van der Waals surface area (Å²) in [5, 5.41) is 17.7. The Labute approximate surface area is 79.9 Å². The van der Waals surface area contributed by atoms with Crippen LogP contribution in [-0.4, -0.2) is 27.3 Å². The standard InChI is InChI=1S/C8H11NO3S/c1-5-7(13-4-9-5)2-6(10)3-8(11)12/h4,6,10H,2-3H2,1H3,(H,11,12). The highest BCUT2D eigenvalue weighted by molar-refractivity contribution is 7.09. The van der Waals surface area contributed by atoms with Gasteiger partial charge in [-0.25, -0.2) is 4.98 Å². The van der Waals surface area contributed by atoms with Crippen molar-refractivity contribution in [1.29, 1.82) is 0 Å². The van der Waals surface area contributed by atoms with Crippen molar-refractivity contribution in [3.63, 3.8) is 0 Å². The average Bonchev–Trinajstić information content (AvgIpc) is 2.34. The van der Waals surface area contributed by atoms with Crippen molar-refractivity contribution >= 4 is 17.3 Å². The molecule has 1 heterocycles. The molecule has 1 aromatic rings. The third-order valence-electron chi connectivity index (χ3n) is 1.68. The van der Waals surface area contributed by atoms with Gasteiger partial charge in [0, 0.05) is 11.3 Å². The van der Waals surface area contributed by atoms with Crippen LogP contribution in [0.3, 0.4) is 0 Å². The molecule has 0 aliphatic carbocycles. The summed E-state index contributed by atoms with van der Waals surface area (Å²) < 4.78 is 0. The molecule has 0 radical (unpaired) electrons. The van der Waals surface area contributed by atoms with Crippen molar-refractivity contribution in [1.82, 2.24) is 4.98 Å². The van der Waals surface area contributed by atoms with E-state index in [0.717, 1.165) is 10.6 Å². The largest absolute Gasteiger partial charge is 0.481 e. The van der Waals surface area contributed by atoms with E-state index in [2.05, 4.69) is 4.98 Å². The first-order valence-corrected chi connectivity index (χ1v) is 4.76. The normalized spacial score (nSPS) is 12.8. The number of carboxylic acid groups (broad SMARTS) is 1. The summed E-state index contributed by atoms with van der Waals surface area (Å²) in [4.78, 5) is 15.2. The molecule has 2 N–H and O–H groups in total. The first-order valence-electron chi connectivity index (χ1n) is 3.88. The van der Waals surface area contributed by atoms with Gasteiger partial charge in [0.05, 0.1) is 23.7 Å². The zero-order valence-electron chi connectivity index (χ0n) is 7.23. The zero-order valence-corrected chi connectivity index (χ0v) is 8.04. The van der Waals surface area contributed by atoms with Crippen LogP contribution in [0.1, 0.15) is 17.0 Å². The van der Waals surface area contributed by atoms with Crippen LogP contribution in [0.25, 0.3) is 0 Å². The number of hydrogen-bond donors (Lipinski definition) is 2. The molecule has 0 spiro atoms. The first kappa shape index (κ1) is 10.1. The monoisotopic (exact) mass is 201 g/mol. The Morgan fingerprint density at radius 3 is 2.92 bits per heavy atom. The number of thiazole rings is 1. The molecule has 0 aliphatic rings. The van der Waals surface area contributed by atoms with Gasteiger partial charge in [-0.15, -0.1) is 11.3 Å². The Kier molecular flexibility index (Phi) is 3.39. The minimum atomic E-state index is -0.977. The summed E-state index contributed by atoms with van der Waals surface area (Å²) in [5.74, 6) is -0.977. The number of aliphatic hydroxyl groups excluding tert-OH is 1. The van der Waals surface area contributed by atoms with E-state index in [1.165, 1.54) is 11.3 Å². The van der Waals surface area contributed by atoms with E-state index in [1.807, 2.05) is 6.92 Å². The van der Waals surface area contributed by atoms with Gasteiger partial charge in [-0.1, -0.05) is 0 Å². The predicted molar refractivity (Wildman–Crippen MR) is 48.8 cm³/mol. The van der Waals surface area contributed by atoms with Crippen LogP contribution in [0.5, 0.6) is 0 Å². The summed E-state index contributed by atoms with van der Waals surface area (Å²) in [6.07, 6.45) is -0.642. The lowest BCUT2D eigenvalue weighted by Gasteiger charge is -2.05. The minimum Gasteiger partial charge on any atom is -0.481 e. The van der Waals surface area contributed by atoms with Gasteiger partial charge in [-0.05, 0) is 6.92 Å². The van der Waals surface area contributed by atoms with Gasteiger partial charge in [0.1, 0.15) is 0 Å². The fourth-order valence-corrected chi connectivity index (χ4v) is 1.86. The molecular weight excluding hydrogens is 190 g/mol. The Morgan fingerprint density at radius 1 is 1.77 bits per heavy atom. The lowest BCUT2D eigenvalue weighted by atomic mass is 10.1. The first-order chi connectivity index (χ1) is 6.09. The maximum atomic E-state index is 10.3. The third kappa shape index (κ3) is 3.12. The van der Waals surface area contributed by atoms with Crippen LogP contribution >= 0.6 is 11.3 Å². The average molecular weight is 201 g/mol. The van der Waals surface area contributed by atoms with Crippen LogP contribution < -0.4 is 0 Å². The molecule has 0 saturated heterocycles. The molecule has 0 bridgehead atoms. The second-order valence-corrected chi connectivity index (χ2v) is 3.76. The molecule has 0 amide bonds. The highest BCUT2D eigenvalue weighted by Crippen LogP contribution is 2.15. The molecule has 1 atom stereocenters. The van der Waals surface area contributed by atoms with Crippen LogP contribution in [-0.2, 0) is 11.2 Å². The second kappa shape index (κ2) is 4.34. The highest BCUT2D eigenvalue weighted by atomic mass is 32.1. The van der Waals surface area contributed by atoms with E-state index in [0.29, 0.717) is 6.42 Å². The summed E-state index contributed by atoms with van der Waals surface area (Å²) in [5.41, 5.74) is 2.56. The maximum absolute atomic E-state index is 10.3. The SMILES string of the molecule is Cc1ncsc1CC(O)CC(=O)O. The van der Waals surface area contributed by atoms with Gasteiger partial charge in [-0.3, -0.25) is 4.79 Å². The van der Waals surface area contributed by atoms with Crippen molar-refractivity contribution in [3.05, 3.63) is 16.1 Å². The maximum Gasteiger partial charge on any atom is 0.305 e. The molecule has 1 rings (SSSR count). The van der Waals surface area contributed by atoms with Gasteiger partial charge in [0.15, 0.2) is 0 Å². The number of aromatic nitrogens is 1. The van der Waals surface area contributed by atoms with E-state index in [9.17, 15) is 9.90 Å². The molecule has 0 fully saturated rings. The van der Waals surface area contributed by atoms with Crippen LogP contribution in [0.15, 0.2) is 5.51 Å². The number of carbonyl (C=O) groups is 1. The van der Waals surface area contributed by atoms with E-state index < -0.39 is 12.1 Å². The fraction of sp³-hybridized carbons (Fsp3) is 0.500. The predicted octanol–water partition coefficient (Wildman–Crippen LogP) is 0.830. The van der Waals surface area contributed by atoms with Gasteiger partial charge in [-0.2, -0.15) is 0 Å². The number of aliphatic hydroxyl groups is 1. The van der Waals surface area contributed by atoms with Crippen molar-refractivity contribution in [2.45, 2.75) is 25.9 Å². The number of aryl methyl sites for hydroxylation is 1. The minimum absolute atomic E-state index is 0.211. The van der Waals surface area contributed by atoms with Crippen molar-refractivity contribution in [2.24, 2.45) is 0 Å². The van der Waals surface area contributed by atoms with Gasteiger partial charge < -0.3 is 10.2 Å². The number of nitrogens with zero attached hydrogens (tertiary/aromatic N) is 1. The van der Waals surface area contributed by atoms with Gasteiger partial charge in [0.25, 0.3) is 0 Å². The number of carboxylic acids is 1. The molecule has 5 heteroatoms. The zero-order chi connectivity index (χ0) is 9.84. The smallest absolute Gasteiger partial charge is 0.305 e. The number of hydrogen-bond acceptors (Lipinski definition) is 4. The summed E-state index contributed by atoms with van der Waals surface area (Å²) in [7, 11) is 0. The van der Waals surface area contributed by atoms with Crippen LogP contribution in [0.2, 0.25) is 0 Å². The lowest BCUT2D eigenvalue weighted by Crippen LogP contribution is -2.15. The molecule has 0 aromatic carbocycles. The Morgan fingerprint density at radius 2 is 2.46 bits per heavy atom. The van der Waals surface area contributed by atoms with E-state index in [4.69, 9.17) is 5.11 Å². The molecule has 1 aromatic heterocycles. The number of rotatable bonds is 4. The molecular formula is C8H11NO3S. The Hall–Kier alpha value is -0.940.